The summed E-state index contributed by atoms with van der Waals surface area (Å²) in [5, 5.41) is 5.32. The van der Waals surface area contributed by atoms with Gasteiger partial charge in [0, 0.05) is 9.86 Å². The number of fused-ring (bicyclic) bond motifs is 1. The van der Waals surface area contributed by atoms with Gasteiger partial charge in [0.2, 0.25) is 0 Å². The minimum Gasteiger partial charge on any atom is -0.492 e. The average Bonchev–Trinajstić information content (AvgIpc) is 2.79. The Kier molecular flexibility index (Phi) is 3.60. The average molecular weight is 332 g/mol. The van der Waals surface area contributed by atoms with Crippen molar-refractivity contribution in [2.75, 3.05) is 12.3 Å². The maximum Gasteiger partial charge on any atom is 0.153 e. The van der Waals surface area contributed by atoms with E-state index in [9.17, 15) is 0 Å². The standard InChI is InChI=1S/C15H14BrN3O/c16-11-5-7-12(8-6-11)20-10-9-19-14-4-2-1-3-13(14)15(17)18-19/h1-8H,9-10H2,(H2,17,18). The van der Waals surface area contributed by atoms with E-state index in [2.05, 4.69) is 21.0 Å². The van der Waals surface area contributed by atoms with Gasteiger partial charge in [-0.25, -0.2) is 0 Å². The molecular weight excluding hydrogens is 318 g/mol. The number of anilines is 1. The first-order chi connectivity index (χ1) is 9.74. The van der Waals surface area contributed by atoms with Crippen LogP contribution in [0.1, 0.15) is 0 Å². The lowest BCUT2D eigenvalue weighted by molar-refractivity contribution is 0.294. The van der Waals surface area contributed by atoms with Crippen molar-refractivity contribution in [3.8, 4) is 5.75 Å². The van der Waals surface area contributed by atoms with Crippen LogP contribution in [0, 0.1) is 0 Å². The van der Waals surface area contributed by atoms with Crippen molar-refractivity contribution in [1.29, 1.82) is 0 Å². The molecule has 1 aromatic heterocycles. The Bertz CT molecular complexity index is 722. The van der Waals surface area contributed by atoms with E-state index in [-0.39, 0.29) is 0 Å². The molecule has 3 rings (SSSR count). The lowest BCUT2D eigenvalue weighted by Crippen LogP contribution is -2.09. The van der Waals surface area contributed by atoms with Gasteiger partial charge < -0.3 is 10.5 Å². The summed E-state index contributed by atoms with van der Waals surface area (Å²) in [6, 6.07) is 15.7. The molecule has 0 aliphatic rings. The SMILES string of the molecule is Nc1nn(CCOc2ccc(Br)cc2)c2ccccc12. The van der Waals surface area contributed by atoms with Crippen LogP contribution in [0.15, 0.2) is 53.0 Å². The topological polar surface area (TPSA) is 53.1 Å². The zero-order valence-electron chi connectivity index (χ0n) is 10.8. The fourth-order valence-corrected chi connectivity index (χ4v) is 2.37. The van der Waals surface area contributed by atoms with E-state index in [1.54, 1.807) is 0 Å². The highest BCUT2D eigenvalue weighted by atomic mass is 79.9. The van der Waals surface area contributed by atoms with Gasteiger partial charge in [-0.2, -0.15) is 5.10 Å². The van der Waals surface area contributed by atoms with E-state index in [0.29, 0.717) is 19.0 Å². The van der Waals surface area contributed by atoms with E-state index < -0.39 is 0 Å². The second kappa shape index (κ2) is 5.54. The predicted octanol–water partition coefficient (Wildman–Crippen LogP) is 3.46. The highest BCUT2D eigenvalue weighted by Gasteiger charge is 2.06. The largest absolute Gasteiger partial charge is 0.492 e. The number of ether oxygens (including phenoxy) is 1. The van der Waals surface area contributed by atoms with Gasteiger partial charge in [0.25, 0.3) is 0 Å². The van der Waals surface area contributed by atoms with Crippen LogP contribution in [-0.2, 0) is 6.54 Å². The van der Waals surface area contributed by atoms with E-state index in [4.69, 9.17) is 10.5 Å². The summed E-state index contributed by atoms with van der Waals surface area (Å²) < 4.78 is 8.62. The Morgan fingerprint density at radius 1 is 1.10 bits per heavy atom. The summed E-state index contributed by atoms with van der Waals surface area (Å²) in [4.78, 5) is 0. The van der Waals surface area contributed by atoms with Crippen LogP contribution < -0.4 is 10.5 Å². The predicted molar refractivity (Wildman–Crippen MR) is 83.8 cm³/mol. The van der Waals surface area contributed by atoms with Gasteiger partial charge in [0.15, 0.2) is 5.82 Å². The molecular formula is C15H14BrN3O. The number of rotatable bonds is 4. The molecule has 0 saturated heterocycles. The number of benzene rings is 2. The maximum absolute atomic E-state index is 5.90. The van der Waals surface area contributed by atoms with Crippen molar-refractivity contribution >= 4 is 32.7 Å². The second-order valence-electron chi connectivity index (χ2n) is 4.43. The number of nitrogen functional groups attached to an aromatic ring is 1. The zero-order chi connectivity index (χ0) is 13.9. The number of hydrogen-bond acceptors (Lipinski definition) is 3. The van der Waals surface area contributed by atoms with Gasteiger partial charge >= 0.3 is 0 Å². The number of halogens is 1. The molecule has 5 heteroatoms. The van der Waals surface area contributed by atoms with Crippen LogP contribution in [0.25, 0.3) is 10.9 Å². The van der Waals surface area contributed by atoms with Gasteiger partial charge in [-0.05, 0) is 36.4 Å². The lowest BCUT2D eigenvalue weighted by atomic mass is 10.2. The van der Waals surface area contributed by atoms with Crippen LogP contribution in [-0.4, -0.2) is 16.4 Å². The van der Waals surface area contributed by atoms with E-state index >= 15 is 0 Å². The molecule has 2 aromatic carbocycles. The molecule has 0 unspecified atom stereocenters. The van der Waals surface area contributed by atoms with E-state index in [1.165, 1.54) is 0 Å². The number of para-hydroxylation sites is 1. The molecule has 0 saturated carbocycles. The smallest absolute Gasteiger partial charge is 0.153 e. The molecule has 0 aliphatic heterocycles. The second-order valence-corrected chi connectivity index (χ2v) is 5.34. The molecule has 0 radical (unpaired) electrons. The van der Waals surface area contributed by atoms with Gasteiger partial charge in [-0.1, -0.05) is 28.1 Å². The number of aromatic nitrogens is 2. The molecule has 20 heavy (non-hydrogen) atoms. The van der Waals surface area contributed by atoms with E-state index in [1.807, 2.05) is 53.2 Å². The normalized spacial score (nSPS) is 10.8. The Morgan fingerprint density at radius 2 is 1.85 bits per heavy atom. The van der Waals surface area contributed by atoms with Crippen molar-refractivity contribution in [2.24, 2.45) is 0 Å². The summed E-state index contributed by atoms with van der Waals surface area (Å²) in [6.07, 6.45) is 0. The minimum absolute atomic E-state index is 0.548. The first kappa shape index (κ1) is 13.0. The molecule has 0 aliphatic carbocycles. The third-order valence-electron chi connectivity index (χ3n) is 3.07. The summed E-state index contributed by atoms with van der Waals surface area (Å²) >= 11 is 3.40. The summed E-state index contributed by atoms with van der Waals surface area (Å²) in [5.41, 5.74) is 6.93. The van der Waals surface area contributed by atoms with Crippen LogP contribution in [0.3, 0.4) is 0 Å². The molecule has 0 fully saturated rings. The van der Waals surface area contributed by atoms with Crippen LogP contribution >= 0.6 is 15.9 Å². The van der Waals surface area contributed by atoms with Gasteiger partial charge in [-0.15, -0.1) is 0 Å². The van der Waals surface area contributed by atoms with Crippen LogP contribution in [0.2, 0.25) is 0 Å². The third kappa shape index (κ3) is 2.63. The Balaban J connectivity index is 1.70. The fraction of sp³-hybridized carbons (Fsp3) is 0.133. The molecule has 3 aromatic rings. The fourth-order valence-electron chi connectivity index (χ4n) is 2.10. The van der Waals surface area contributed by atoms with Gasteiger partial charge in [0.05, 0.1) is 12.1 Å². The van der Waals surface area contributed by atoms with Crippen molar-refractivity contribution in [2.45, 2.75) is 6.54 Å². The van der Waals surface area contributed by atoms with Crippen LogP contribution in [0.5, 0.6) is 5.75 Å². The highest BCUT2D eigenvalue weighted by molar-refractivity contribution is 9.10. The van der Waals surface area contributed by atoms with Crippen molar-refractivity contribution in [3.05, 3.63) is 53.0 Å². The number of nitrogens with two attached hydrogens (primary N) is 1. The molecule has 4 nitrogen and oxygen atoms in total. The molecule has 0 bridgehead atoms. The highest BCUT2D eigenvalue weighted by Crippen LogP contribution is 2.20. The first-order valence-electron chi connectivity index (χ1n) is 6.33. The Labute approximate surface area is 125 Å². The molecule has 102 valence electrons. The van der Waals surface area contributed by atoms with Gasteiger partial charge in [-0.3, -0.25) is 4.68 Å². The number of hydrogen-bond donors (Lipinski definition) is 1. The summed E-state index contributed by atoms with van der Waals surface area (Å²) in [5.74, 6) is 1.40. The molecule has 1 heterocycles. The van der Waals surface area contributed by atoms with Crippen molar-refractivity contribution in [3.63, 3.8) is 0 Å². The summed E-state index contributed by atoms with van der Waals surface area (Å²) in [7, 11) is 0. The van der Waals surface area contributed by atoms with Crippen molar-refractivity contribution in [1.82, 2.24) is 9.78 Å². The molecule has 0 atom stereocenters. The monoisotopic (exact) mass is 331 g/mol. The minimum atomic E-state index is 0.548. The van der Waals surface area contributed by atoms with Crippen molar-refractivity contribution < 1.29 is 4.74 Å². The number of nitrogens with zero attached hydrogens (tertiary/aromatic N) is 2. The third-order valence-corrected chi connectivity index (χ3v) is 3.60. The quantitative estimate of drug-likeness (QED) is 0.796. The Hall–Kier alpha value is -2.01. The van der Waals surface area contributed by atoms with E-state index in [0.717, 1.165) is 21.1 Å². The zero-order valence-corrected chi connectivity index (χ0v) is 12.4. The first-order valence-corrected chi connectivity index (χ1v) is 7.13. The van der Waals surface area contributed by atoms with Crippen LogP contribution in [0.4, 0.5) is 5.82 Å². The lowest BCUT2D eigenvalue weighted by Gasteiger charge is -2.07. The summed E-state index contributed by atoms with van der Waals surface area (Å²) in [6.45, 7) is 1.21. The van der Waals surface area contributed by atoms with Gasteiger partial charge in [0.1, 0.15) is 12.4 Å². The Morgan fingerprint density at radius 3 is 2.65 bits per heavy atom. The maximum atomic E-state index is 5.90. The molecule has 0 spiro atoms. The molecule has 0 amide bonds. The molecule has 2 N–H and O–H groups in total.